The summed E-state index contributed by atoms with van der Waals surface area (Å²) < 4.78 is 49.9. The molecule has 16 nitrogen and oxygen atoms in total. The van der Waals surface area contributed by atoms with Crippen molar-refractivity contribution in [3.05, 3.63) is 30.5 Å². The summed E-state index contributed by atoms with van der Waals surface area (Å²) in [5.74, 6) is -3.85. The van der Waals surface area contributed by atoms with E-state index in [1.807, 2.05) is 70.2 Å². The Kier molecular flexibility index (Phi) is 15.6. The summed E-state index contributed by atoms with van der Waals surface area (Å²) in [6, 6.07) is 6.07. The lowest BCUT2D eigenvalue weighted by atomic mass is 9.78. The fraction of sp³-hybridized carbons (Fsp3) is 0.750. The molecule has 4 heterocycles. The Hall–Kier alpha value is -3.74. The second-order valence-electron chi connectivity index (χ2n) is 18.2. The monoisotopic (exact) mass is 860 g/mol. The number of carbonyl (C=O) groups is 3. The highest BCUT2D eigenvalue weighted by atomic mass is 19.1. The number of unbranched alkanes of at least 4 members (excludes halogenated alkanes) is 1. The van der Waals surface area contributed by atoms with Crippen molar-refractivity contribution >= 4 is 23.5 Å². The van der Waals surface area contributed by atoms with Crippen molar-refractivity contribution in [2.75, 3.05) is 40.0 Å². The lowest BCUT2D eigenvalue weighted by molar-refractivity contribution is -0.298. The zero-order valence-electron chi connectivity index (χ0n) is 37.9. The number of hydrogen-bond acceptors (Lipinski definition) is 14. The minimum Gasteiger partial charge on any atom is -0.455 e. The highest BCUT2D eigenvalue weighted by Gasteiger charge is 2.60. The Morgan fingerprint density at radius 2 is 1.79 bits per heavy atom. The number of ether oxygens (including phenoxy) is 5. The number of ketones is 1. The van der Waals surface area contributed by atoms with Gasteiger partial charge in [0.25, 0.3) is 5.67 Å². The number of aliphatic hydroxyl groups is 1. The molecule has 342 valence electrons. The number of benzene rings is 1. The van der Waals surface area contributed by atoms with Gasteiger partial charge in [-0.3, -0.25) is 14.4 Å². The number of rotatable bonds is 12. The van der Waals surface area contributed by atoms with Gasteiger partial charge >= 0.3 is 12.1 Å². The molecule has 0 aliphatic carbocycles. The minimum atomic E-state index is -3.13. The van der Waals surface area contributed by atoms with Gasteiger partial charge in [-0.1, -0.05) is 45.0 Å². The van der Waals surface area contributed by atoms with Gasteiger partial charge in [0.15, 0.2) is 17.7 Å². The number of aliphatic hydroxyl groups excluding tert-OH is 1. The lowest BCUT2D eigenvalue weighted by Crippen LogP contribution is -2.61. The Morgan fingerprint density at radius 1 is 1.08 bits per heavy atom. The molecule has 3 aliphatic rings. The van der Waals surface area contributed by atoms with E-state index >= 15 is 4.39 Å². The van der Waals surface area contributed by atoms with Crippen LogP contribution in [-0.4, -0.2) is 148 Å². The summed E-state index contributed by atoms with van der Waals surface area (Å²) in [7, 11) is 5.24. The summed E-state index contributed by atoms with van der Waals surface area (Å²) in [6.07, 6.45) is -0.516. The van der Waals surface area contributed by atoms with Gasteiger partial charge in [-0.25, -0.2) is 14.0 Å². The van der Waals surface area contributed by atoms with E-state index in [2.05, 4.69) is 15.6 Å². The first-order chi connectivity index (χ1) is 28.7. The fourth-order valence-corrected chi connectivity index (χ4v) is 9.61. The van der Waals surface area contributed by atoms with E-state index in [1.165, 1.54) is 14.0 Å². The average Bonchev–Trinajstić information content (AvgIpc) is 3.80. The third-order valence-electron chi connectivity index (χ3n) is 13.2. The molecule has 13 atom stereocenters. The number of cyclic esters (lactones) is 1. The molecule has 3 fully saturated rings. The number of likely N-dealkylation sites (N-methyl/N-ethyl adjacent to an activating group) is 1. The summed E-state index contributed by atoms with van der Waals surface area (Å²) in [5.41, 5.74) is 2.37. The molecule has 4 N–H and O–H groups in total. The molecule has 3 aliphatic heterocycles. The molecule has 2 aromatic rings. The van der Waals surface area contributed by atoms with Crippen LogP contribution in [0.4, 0.5) is 14.9 Å². The molecule has 17 heteroatoms. The van der Waals surface area contributed by atoms with Crippen molar-refractivity contribution in [1.82, 2.24) is 30.1 Å². The average molecular weight is 860 g/mol. The van der Waals surface area contributed by atoms with Gasteiger partial charge in [0.2, 0.25) is 0 Å². The summed E-state index contributed by atoms with van der Waals surface area (Å²) >= 11 is 0. The second-order valence-corrected chi connectivity index (χ2v) is 18.2. The number of Topliss-reactive ketones (excluding diaryl/α,β-unsaturated/α-hetero) is 1. The van der Waals surface area contributed by atoms with Crippen molar-refractivity contribution < 1.29 is 47.6 Å². The maximum Gasteiger partial charge on any atom is 0.410 e. The zero-order valence-corrected chi connectivity index (χ0v) is 37.9. The molecule has 0 radical (unpaired) electrons. The van der Waals surface area contributed by atoms with Crippen LogP contribution in [0.2, 0.25) is 0 Å². The van der Waals surface area contributed by atoms with Crippen molar-refractivity contribution in [3.8, 4) is 11.3 Å². The van der Waals surface area contributed by atoms with E-state index in [1.54, 1.807) is 30.4 Å². The zero-order chi connectivity index (χ0) is 45.0. The number of methoxy groups -OCH3 is 1. The molecule has 1 aromatic carbocycles. The number of nitrogen functional groups attached to an aromatic ring is 1. The van der Waals surface area contributed by atoms with E-state index < -0.39 is 77.3 Å². The van der Waals surface area contributed by atoms with Crippen molar-refractivity contribution in [3.63, 3.8) is 0 Å². The van der Waals surface area contributed by atoms with Crippen LogP contribution in [0.1, 0.15) is 93.9 Å². The fourth-order valence-electron chi connectivity index (χ4n) is 9.61. The minimum absolute atomic E-state index is 0.115. The molecule has 0 spiro atoms. The number of esters is 1. The van der Waals surface area contributed by atoms with Crippen molar-refractivity contribution in [2.45, 2.75) is 166 Å². The summed E-state index contributed by atoms with van der Waals surface area (Å²) in [5, 5.41) is 23.7. The number of carbonyl (C=O) groups excluding carboxylic acids is 3. The molecule has 5 rings (SSSR count). The van der Waals surface area contributed by atoms with E-state index in [4.69, 9.17) is 29.4 Å². The Labute approximate surface area is 360 Å². The first kappa shape index (κ1) is 48.3. The topological polar surface area (TPSA) is 193 Å². The number of nitrogens with zero attached hydrogens (tertiary/aromatic N) is 5. The molecule has 2 unspecified atom stereocenters. The van der Waals surface area contributed by atoms with Gasteiger partial charge in [0.05, 0.1) is 30.0 Å². The summed E-state index contributed by atoms with van der Waals surface area (Å²) in [4.78, 5) is 45.8. The van der Waals surface area contributed by atoms with Crippen LogP contribution in [0.25, 0.3) is 11.3 Å². The van der Waals surface area contributed by atoms with Crippen LogP contribution in [0.3, 0.4) is 0 Å². The predicted molar refractivity (Wildman–Crippen MR) is 227 cm³/mol. The van der Waals surface area contributed by atoms with Gasteiger partial charge in [-0.15, -0.1) is 5.10 Å². The largest absolute Gasteiger partial charge is 0.455 e. The standard InChI is InChI=1S/C44H70FN7O9/c1-12-31-22-33(50(9)10)35(53)39(58-31)60-38-27(4)37(54)43(7,45)40(55)59-34(13-2)44(8)36(28(5)47-24-26(3)23-42(38,6)57-11)52(41(56)61-44)20-15-14-19-51-25-32(48-49-51)29-17-16-18-30(46)21-29/h16-18,21,25-28,31,33-36,38-39,47,53H,12-15,19-20,22-24,46H2,1-11H3/t26-,27-,28-,31-,33+,34-,35-,36?,38-,39?,42-,43+,44-/m1/s1. The number of hydrogen-bond donors (Lipinski definition) is 3. The van der Waals surface area contributed by atoms with E-state index in [9.17, 15) is 19.5 Å². The molecule has 3 saturated heterocycles. The predicted octanol–water partition coefficient (Wildman–Crippen LogP) is 4.77. The number of amides is 1. The number of anilines is 1. The second kappa shape index (κ2) is 19.8. The third kappa shape index (κ3) is 10.4. The number of nitrogens with one attached hydrogen (secondary N) is 1. The van der Waals surface area contributed by atoms with E-state index in [0.29, 0.717) is 63.1 Å². The van der Waals surface area contributed by atoms with Crippen molar-refractivity contribution in [1.29, 1.82) is 0 Å². The summed E-state index contributed by atoms with van der Waals surface area (Å²) in [6.45, 7) is 14.9. The normalized spacial score (nSPS) is 36.9. The molecule has 0 saturated carbocycles. The molecule has 1 amide bonds. The van der Waals surface area contributed by atoms with Crippen LogP contribution in [-0.2, 0) is 39.8 Å². The van der Waals surface area contributed by atoms with Crippen LogP contribution < -0.4 is 11.1 Å². The smallest absolute Gasteiger partial charge is 0.410 e. The maximum absolute atomic E-state index is 17.0. The molecule has 61 heavy (non-hydrogen) atoms. The number of fused-ring (bicyclic) bond motifs is 1. The quantitative estimate of drug-likeness (QED) is 0.114. The molecule has 1 aromatic heterocycles. The van der Waals surface area contributed by atoms with Crippen LogP contribution in [0.5, 0.6) is 0 Å². The van der Waals surface area contributed by atoms with Gasteiger partial charge in [-0.2, -0.15) is 0 Å². The van der Waals surface area contributed by atoms with Crippen LogP contribution >= 0.6 is 0 Å². The van der Waals surface area contributed by atoms with Crippen LogP contribution in [0, 0.1) is 11.8 Å². The highest BCUT2D eigenvalue weighted by molar-refractivity contribution is 6.07. The number of alkyl halides is 1. The number of halogens is 1. The maximum atomic E-state index is 17.0. The number of nitrogens with two attached hydrogens (primary N) is 1. The first-order valence-electron chi connectivity index (χ1n) is 21.8. The van der Waals surface area contributed by atoms with Crippen LogP contribution in [0.15, 0.2) is 30.5 Å². The third-order valence-corrected chi connectivity index (χ3v) is 13.2. The number of aryl methyl sites for hydroxylation is 1. The Balaban J connectivity index is 1.41. The molecular formula is C44H70FN7O9. The number of aromatic nitrogens is 3. The van der Waals surface area contributed by atoms with Gasteiger partial charge in [0.1, 0.15) is 17.9 Å². The first-order valence-corrected chi connectivity index (χ1v) is 21.8. The Bertz CT molecular complexity index is 1820. The SMILES string of the molecule is CC[C@@H]1C[C@H](N(C)C)[C@@H](O)C(O[C@@H]2[C@H](C)C(=O)[C@](C)(F)C(=O)O[C@H](CC)[C@@]3(C)OC(=O)N(CCCCn4cc(-c5cccc(N)c5)nn4)C3[C@@H](C)NC[C@H](C)C[C@@]2(C)OC)O1. The highest BCUT2D eigenvalue weighted by Crippen LogP contribution is 2.41. The van der Waals surface area contributed by atoms with Crippen molar-refractivity contribution in [2.24, 2.45) is 11.8 Å². The Morgan fingerprint density at radius 3 is 2.43 bits per heavy atom. The van der Waals surface area contributed by atoms with E-state index in [-0.39, 0.29) is 24.5 Å². The van der Waals surface area contributed by atoms with Gasteiger partial charge in [-0.05, 0) is 105 Å². The lowest BCUT2D eigenvalue weighted by Gasteiger charge is -2.47. The van der Waals surface area contributed by atoms with Gasteiger partial charge < -0.3 is 44.7 Å². The van der Waals surface area contributed by atoms with Gasteiger partial charge in [0, 0.05) is 49.5 Å². The van der Waals surface area contributed by atoms with E-state index in [0.717, 1.165) is 12.5 Å². The molecule has 0 bridgehead atoms. The molecular weight excluding hydrogens is 790 g/mol.